The molecule has 0 N–H and O–H groups in total. The van der Waals surface area contributed by atoms with E-state index < -0.39 is 26.0 Å². The van der Waals surface area contributed by atoms with E-state index in [0.29, 0.717) is 0 Å². The standard InChI is InChI=1S/C20H27N3O5S2/c1-16-6-10-19(11-7-16)29(25,26)21(4)14-23(18(3)24)15-22(5)30(27,28)20-12-8-17(2)9-13-20/h6-13H,14-15H2,1-5H3. The highest BCUT2D eigenvalue weighted by atomic mass is 32.2. The van der Waals surface area contributed by atoms with E-state index in [2.05, 4.69) is 0 Å². The molecule has 0 aromatic heterocycles. The maximum absolute atomic E-state index is 12.8. The van der Waals surface area contributed by atoms with Gasteiger partial charge in [0, 0.05) is 21.0 Å². The Bertz CT molecular complexity index is 1010. The zero-order chi connectivity index (χ0) is 22.7. The van der Waals surface area contributed by atoms with E-state index in [0.717, 1.165) is 24.6 Å². The van der Waals surface area contributed by atoms with Crippen LogP contribution in [0.4, 0.5) is 0 Å². The molecule has 164 valence electrons. The molecule has 30 heavy (non-hydrogen) atoms. The second-order valence-electron chi connectivity index (χ2n) is 7.17. The average Bonchev–Trinajstić information content (AvgIpc) is 2.67. The number of aryl methyl sites for hydroxylation is 2. The van der Waals surface area contributed by atoms with Crippen molar-refractivity contribution in [2.24, 2.45) is 0 Å². The number of hydrogen-bond donors (Lipinski definition) is 0. The van der Waals surface area contributed by atoms with Crippen LogP contribution in [0.5, 0.6) is 0 Å². The summed E-state index contributed by atoms with van der Waals surface area (Å²) in [6.45, 7) is 4.38. The molecule has 0 atom stereocenters. The summed E-state index contributed by atoms with van der Waals surface area (Å²) < 4.78 is 53.2. The molecule has 2 aromatic carbocycles. The third-order valence-corrected chi connectivity index (χ3v) is 8.25. The zero-order valence-corrected chi connectivity index (χ0v) is 19.4. The molecule has 0 unspecified atom stereocenters. The van der Waals surface area contributed by atoms with Gasteiger partial charge in [-0.05, 0) is 38.1 Å². The summed E-state index contributed by atoms with van der Waals surface area (Å²) in [5.74, 6) is -0.452. The fourth-order valence-electron chi connectivity index (χ4n) is 2.66. The topological polar surface area (TPSA) is 95.1 Å². The van der Waals surface area contributed by atoms with Crippen LogP contribution in [0.3, 0.4) is 0 Å². The van der Waals surface area contributed by atoms with Crippen LogP contribution in [0.25, 0.3) is 0 Å². The number of amides is 1. The summed E-state index contributed by atoms with van der Waals surface area (Å²) >= 11 is 0. The quantitative estimate of drug-likeness (QED) is 0.570. The van der Waals surface area contributed by atoms with E-state index >= 15 is 0 Å². The summed E-state index contributed by atoms with van der Waals surface area (Å²) in [5, 5.41) is 0. The minimum Gasteiger partial charge on any atom is -0.315 e. The second kappa shape index (κ2) is 9.25. The van der Waals surface area contributed by atoms with Gasteiger partial charge in [0.25, 0.3) is 0 Å². The van der Waals surface area contributed by atoms with Crippen LogP contribution in [-0.2, 0) is 24.8 Å². The van der Waals surface area contributed by atoms with Crippen molar-refractivity contribution in [3.63, 3.8) is 0 Å². The Morgan fingerprint density at radius 1 is 0.700 bits per heavy atom. The van der Waals surface area contributed by atoms with Gasteiger partial charge in [0.1, 0.15) is 0 Å². The molecule has 0 heterocycles. The fraction of sp³-hybridized carbons (Fsp3) is 0.350. The highest BCUT2D eigenvalue weighted by molar-refractivity contribution is 7.89. The van der Waals surface area contributed by atoms with Crippen LogP contribution in [-0.4, -0.2) is 63.7 Å². The van der Waals surface area contributed by atoms with E-state index in [4.69, 9.17) is 0 Å². The van der Waals surface area contributed by atoms with E-state index in [1.807, 2.05) is 13.8 Å². The number of sulfonamides is 2. The lowest BCUT2D eigenvalue weighted by molar-refractivity contribution is -0.131. The third-order valence-electron chi connectivity index (χ3n) is 4.64. The van der Waals surface area contributed by atoms with Crippen LogP contribution in [0.1, 0.15) is 18.1 Å². The lowest BCUT2D eigenvalue weighted by Crippen LogP contribution is -2.47. The second-order valence-corrected chi connectivity index (χ2v) is 11.3. The maximum Gasteiger partial charge on any atom is 0.244 e. The molecule has 0 aliphatic rings. The third kappa shape index (κ3) is 5.45. The first-order valence-corrected chi connectivity index (χ1v) is 12.0. The van der Waals surface area contributed by atoms with E-state index in [1.54, 1.807) is 24.3 Å². The molecule has 0 aliphatic carbocycles. The number of nitrogens with zero attached hydrogens (tertiary/aromatic N) is 3. The molecule has 8 nitrogen and oxygen atoms in total. The molecule has 0 saturated carbocycles. The van der Waals surface area contributed by atoms with Gasteiger partial charge in [-0.2, -0.15) is 8.61 Å². The molecule has 0 aliphatic heterocycles. The van der Waals surface area contributed by atoms with Gasteiger partial charge >= 0.3 is 0 Å². The predicted octanol–water partition coefficient (Wildman–Crippen LogP) is 2.01. The van der Waals surface area contributed by atoms with E-state index in [1.165, 1.54) is 45.3 Å². The first kappa shape index (κ1) is 24.0. The van der Waals surface area contributed by atoms with Crippen molar-refractivity contribution < 1.29 is 21.6 Å². The molecule has 2 rings (SSSR count). The van der Waals surface area contributed by atoms with Gasteiger partial charge in [-0.3, -0.25) is 4.79 Å². The highest BCUT2D eigenvalue weighted by Gasteiger charge is 2.27. The van der Waals surface area contributed by atoms with Gasteiger partial charge in [-0.15, -0.1) is 0 Å². The van der Waals surface area contributed by atoms with Crippen molar-refractivity contribution in [2.75, 3.05) is 27.4 Å². The molecule has 0 saturated heterocycles. The van der Waals surface area contributed by atoms with E-state index in [9.17, 15) is 21.6 Å². The summed E-state index contributed by atoms with van der Waals surface area (Å²) in [7, 11) is -4.99. The first-order valence-electron chi connectivity index (χ1n) is 9.17. The van der Waals surface area contributed by atoms with Crippen molar-refractivity contribution in [3.8, 4) is 0 Å². The Morgan fingerprint density at radius 2 is 1.00 bits per heavy atom. The Labute approximate surface area is 178 Å². The molecule has 10 heteroatoms. The summed E-state index contributed by atoms with van der Waals surface area (Å²) in [4.78, 5) is 13.5. The lowest BCUT2D eigenvalue weighted by Gasteiger charge is -2.30. The molecular weight excluding hydrogens is 426 g/mol. The van der Waals surface area contributed by atoms with Gasteiger partial charge in [0.05, 0.1) is 23.1 Å². The van der Waals surface area contributed by atoms with Crippen molar-refractivity contribution >= 4 is 26.0 Å². The number of carbonyl (C=O) groups is 1. The van der Waals surface area contributed by atoms with Crippen LogP contribution >= 0.6 is 0 Å². The zero-order valence-electron chi connectivity index (χ0n) is 17.7. The molecule has 0 fully saturated rings. The summed E-state index contributed by atoms with van der Waals surface area (Å²) in [6.07, 6.45) is 0. The van der Waals surface area contributed by atoms with Crippen LogP contribution < -0.4 is 0 Å². The van der Waals surface area contributed by atoms with Gasteiger partial charge < -0.3 is 4.90 Å². The van der Waals surface area contributed by atoms with Crippen molar-refractivity contribution in [1.29, 1.82) is 0 Å². The fourth-order valence-corrected chi connectivity index (χ4v) is 4.92. The molecular formula is C20H27N3O5S2. The van der Waals surface area contributed by atoms with Crippen molar-refractivity contribution in [3.05, 3.63) is 59.7 Å². The van der Waals surface area contributed by atoms with Crippen LogP contribution in [0, 0.1) is 13.8 Å². The smallest absolute Gasteiger partial charge is 0.244 e. The Balaban J connectivity index is 2.20. The molecule has 0 radical (unpaired) electrons. The normalized spacial score (nSPS) is 12.4. The van der Waals surface area contributed by atoms with Crippen molar-refractivity contribution in [2.45, 2.75) is 30.6 Å². The Kier molecular flexibility index (Phi) is 7.40. The molecule has 2 aromatic rings. The monoisotopic (exact) mass is 453 g/mol. The number of carbonyl (C=O) groups excluding carboxylic acids is 1. The number of rotatable bonds is 8. The minimum absolute atomic E-state index is 0.0970. The summed E-state index contributed by atoms with van der Waals surface area (Å²) in [5.41, 5.74) is 1.84. The van der Waals surface area contributed by atoms with E-state index in [-0.39, 0.29) is 23.1 Å². The molecule has 0 bridgehead atoms. The molecule has 1 amide bonds. The first-order chi connectivity index (χ1) is 13.9. The SMILES string of the molecule is CC(=O)N(CN(C)S(=O)(=O)c1ccc(C)cc1)CN(C)S(=O)(=O)c1ccc(C)cc1. The van der Waals surface area contributed by atoms with Gasteiger partial charge in [-0.25, -0.2) is 16.8 Å². The number of hydrogen-bond acceptors (Lipinski definition) is 5. The van der Waals surface area contributed by atoms with Crippen molar-refractivity contribution in [1.82, 2.24) is 13.5 Å². The summed E-state index contributed by atoms with van der Waals surface area (Å²) in [6, 6.07) is 12.7. The Hall–Kier alpha value is -2.27. The average molecular weight is 454 g/mol. The largest absolute Gasteiger partial charge is 0.315 e. The highest BCUT2D eigenvalue weighted by Crippen LogP contribution is 2.18. The lowest BCUT2D eigenvalue weighted by atomic mass is 10.2. The molecule has 0 spiro atoms. The van der Waals surface area contributed by atoms with Crippen LogP contribution in [0.15, 0.2) is 58.3 Å². The number of benzene rings is 2. The Morgan fingerprint density at radius 3 is 1.27 bits per heavy atom. The van der Waals surface area contributed by atoms with Gasteiger partial charge in [0.15, 0.2) is 0 Å². The maximum atomic E-state index is 12.8. The predicted molar refractivity (Wildman–Crippen MR) is 115 cm³/mol. The minimum atomic E-state index is -3.84. The van der Waals surface area contributed by atoms with Crippen LogP contribution in [0.2, 0.25) is 0 Å². The van der Waals surface area contributed by atoms with Gasteiger partial charge in [-0.1, -0.05) is 35.4 Å². The van der Waals surface area contributed by atoms with Gasteiger partial charge in [0.2, 0.25) is 26.0 Å².